The number of alkyl halides is 2. The predicted molar refractivity (Wildman–Crippen MR) is 99.3 cm³/mol. The molecule has 3 rings (SSSR count). The third kappa shape index (κ3) is 3.99. The number of Topliss-reactive ketones (excluding diaryl/α,β-unsaturated/α-hetero) is 1. The van der Waals surface area contributed by atoms with Crippen LogP contribution in [0.25, 0.3) is 11.3 Å². The minimum Gasteiger partial charge on any atom is -0.478 e. The van der Waals surface area contributed by atoms with Gasteiger partial charge in [0.2, 0.25) is 5.78 Å². The van der Waals surface area contributed by atoms with Gasteiger partial charge in [-0.05, 0) is 31.0 Å². The normalized spacial score (nSPS) is 17.3. The van der Waals surface area contributed by atoms with Crippen LogP contribution in [0.15, 0.2) is 48.5 Å². The fourth-order valence-electron chi connectivity index (χ4n) is 2.95. The monoisotopic (exact) mass is 392 g/mol. The Morgan fingerprint density at radius 3 is 2.37 bits per heavy atom. The lowest BCUT2D eigenvalue weighted by Crippen LogP contribution is -2.29. The summed E-state index contributed by atoms with van der Waals surface area (Å²) in [6.45, 7) is 3.26. The summed E-state index contributed by atoms with van der Waals surface area (Å²) in [5, 5.41) is 0. The maximum atomic E-state index is 13.1. The number of ether oxygens (including phenoxy) is 1. The molecule has 0 fully saturated rings. The fourth-order valence-corrected chi connectivity index (χ4v) is 3.42. The van der Waals surface area contributed by atoms with Gasteiger partial charge in [-0.25, -0.2) is 13.0 Å². The van der Waals surface area contributed by atoms with Gasteiger partial charge in [0.25, 0.3) is 6.43 Å². The largest absolute Gasteiger partial charge is 0.478 e. The van der Waals surface area contributed by atoms with Crippen LogP contribution >= 0.6 is 0 Å². The third-order valence-corrected chi connectivity index (χ3v) is 4.87. The molecule has 1 unspecified atom stereocenters. The van der Waals surface area contributed by atoms with Gasteiger partial charge in [0.1, 0.15) is 5.76 Å². The second-order valence-electron chi connectivity index (χ2n) is 6.73. The summed E-state index contributed by atoms with van der Waals surface area (Å²) in [6, 6.07) is 12.4. The van der Waals surface area contributed by atoms with E-state index in [1.807, 2.05) is 0 Å². The molecule has 27 heavy (non-hydrogen) atoms. The van der Waals surface area contributed by atoms with Crippen LogP contribution in [0, 0.1) is 0 Å². The highest BCUT2D eigenvalue weighted by atomic mass is 32.2. The highest BCUT2D eigenvalue weighted by Gasteiger charge is 2.42. The Labute approximate surface area is 158 Å². The number of hydrogen-bond donors (Lipinski definition) is 1. The SMILES string of the molecule is CC1(C)OC(c2ccc(CS(=O)O)cc2)=C(c2cccc(C(F)F)c2)C1=O. The van der Waals surface area contributed by atoms with Gasteiger partial charge in [-0.15, -0.1) is 0 Å². The van der Waals surface area contributed by atoms with E-state index < -0.39 is 23.1 Å². The molecular weight excluding hydrogens is 374 g/mol. The second-order valence-corrected chi connectivity index (χ2v) is 7.67. The van der Waals surface area contributed by atoms with E-state index in [1.54, 1.807) is 44.2 Å². The number of benzene rings is 2. The van der Waals surface area contributed by atoms with Crippen LogP contribution in [-0.2, 0) is 26.4 Å². The molecule has 1 atom stereocenters. The minimum atomic E-state index is -2.64. The van der Waals surface area contributed by atoms with Crippen LogP contribution < -0.4 is 0 Å². The second kappa shape index (κ2) is 7.32. The lowest BCUT2D eigenvalue weighted by molar-refractivity contribution is -0.125. The van der Waals surface area contributed by atoms with Gasteiger partial charge in [-0.1, -0.05) is 42.5 Å². The van der Waals surface area contributed by atoms with Crippen LogP contribution in [0.1, 0.15) is 42.5 Å². The first-order valence-electron chi connectivity index (χ1n) is 8.22. The molecule has 142 valence electrons. The maximum Gasteiger partial charge on any atom is 0.263 e. The summed E-state index contributed by atoms with van der Waals surface area (Å²) >= 11 is -1.96. The van der Waals surface area contributed by atoms with E-state index in [0.29, 0.717) is 22.4 Å². The van der Waals surface area contributed by atoms with Crippen molar-refractivity contribution < 1.29 is 27.1 Å². The first-order valence-corrected chi connectivity index (χ1v) is 9.50. The number of rotatable bonds is 5. The first kappa shape index (κ1) is 19.4. The van der Waals surface area contributed by atoms with Gasteiger partial charge in [-0.3, -0.25) is 4.79 Å². The van der Waals surface area contributed by atoms with Crippen molar-refractivity contribution in [3.8, 4) is 0 Å². The summed E-state index contributed by atoms with van der Waals surface area (Å²) in [4.78, 5) is 12.9. The van der Waals surface area contributed by atoms with Crippen molar-refractivity contribution in [1.29, 1.82) is 0 Å². The molecule has 0 amide bonds. The Balaban J connectivity index is 2.09. The average molecular weight is 392 g/mol. The third-order valence-electron chi connectivity index (χ3n) is 4.29. The van der Waals surface area contributed by atoms with Crippen molar-refractivity contribution in [2.45, 2.75) is 31.6 Å². The van der Waals surface area contributed by atoms with Gasteiger partial charge in [0.15, 0.2) is 16.7 Å². The Bertz CT molecular complexity index is 933. The standard InChI is InChI=1S/C20H18F2O4S/c1-20(2)18(23)16(14-4-3-5-15(10-14)19(21)22)17(26-20)13-8-6-12(7-9-13)11-27(24)25/h3-10,19H,11H2,1-2H3,(H,24,25). The topological polar surface area (TPSA) is 63.6 Å². The van der Waals surface area contributed by atoms with E-state index in [4.69, 9.17) is 9.29 Å². The first-order chi connectivity index (χ1) is 12.7. The highest BCUT2D eigenvalue weighted by Crippen LogP contribution is 2.41. The number of halogens is 2. The lowest BCUT2D eigenvalue weighted by atomic mass is 9.92. The maximum absolute atomic E-state index is 13.1. The lowest BCUT2D eigenvalue weighted by Gasteiger charge is -2.18. The van der Waals surface area contributed by atoms with Gasteiger partial charge in [0, 0.05) is 11.1 Å². The van der Waals surface area contributed by atoms with Crippen LogP contribution in [0.2, 0.25) is 0 Å². The zero-order chi connectivity index (χ0) is 19.8. The van der Waals surface area contributed by atoms with Crippen LogP contribution in [0.5, 0.6) is 0 Å². The van der Waals surface area contributed by atoms with Gasteiger partial charge >= 0.3 is 0 Å². The molecule has 0 spiro atoms. The van der Waals surface area contributed by atoms with Crippen molar-refractivity contribution >= 4 is 28.2 Å². The summed E-state index contributed by atoms with van der Waals surface area (Å²) in [6.07, 6.45) is -2.64. The van der Waals surface area contributed by atoms with Crippen LogP contribution in [-0.4, -0.2) is 20.1 Å². The Morgan fingerprint density at radius 1 is 1.11 bits per heavy atom. The minimum absolute atomic E-state index is 0.00605. The van der Waals surface area contributed by atoms with E-state index in [2.05, 4.69) is 0 Å². The zero-order valence-electron chi connectivity index (χ0n) is 14.7. The predicted octanol–water partition coefficient (Wildman–Crippen LogP) is 4.59. The van der Waals surface area contributed by atoms with Gasteiger partial charge < -0.3 is 9.29 Å². The molecule has 0 bridgehead atoms. The molecule has 0 saturated heterocycles. The van der Waals surface area contributed by atoms with E-state index in [9.17, 15) is 17.8 Å². The summed E-state index contributed by atoms with van der Waals surface area (Å²) < 4.78 is 51.9. The molecule has 1 aliphatic rings. The van der Waals surface area contributed by atoms with Crippen molar-refractivity contribution in [1.82, 2.24) is 0 Å². The average Bonchev–Trinajstić information content (AvgIpc) is 2.85. The zero-order valence-corrected chi connectivity index (χ0v) is 15.6. The molecule has 2 aromatic carbocycles. The van der Waals surface area contributed by atoms with Crippen molar-refractivity contribution in [2.24, 2.45) is 0 Å². The number of ketones is 1. The number of carbonyl (C=O) groups is 1. The molecule has 4 nitrogen and oxygen atoms in total. The Hall–Kier alpha value is -2.38. The van der Waals surface area contributed by atoms with Gasteiger partial charge in [0.05, 0.1) is 11.3 Å². The smallest absolute Gasteiger partial charge is 0.263 e. The summed E-state index contributed by atoms with van der Waals surface area (Å²) in [5.74, 6) is 0.0194. The number of carbonyl (C=O) groups excluding carboxylic acids is 1. The van der Waals surface area contributed by atoms with Crippen molar-refractivity contribution in [3.05, 3.63) is 70.8 Å². The van der Waals surface area contributed by atoms with E-state index in [1.165, 1.54) is 18.2 Å². The fraction of sp³-hybridized carbons (Fsp3) is 0.250. The molecule has 0 aliphatic carbocycles. The molecule has 0 aromatic heterocycles. The Kier molecular flexibility index (Phi) is 5.26. The van der Waals surface area contributed by atoms with Crippen LogP contribution in [0.3, 0.4) is 0 Å². The highest BCUT2D eigenvalue weighted by molar-refractivity contribution is 7.78. The molecule has 7 heteroatoms. The molecule has 1 heterocycles. The molecule has 0 radical (unpaired) electrons. The molecule has 2 aromatic rings. The van der Waals surface area contributed by atoms with E-state index in [0.717, 1.165) is 0 Å². The van der Waals surface area contributed by atoms with Crippen molar-refractivity contribution in [2.75, 3.05) is 0 Å². The number of hydrogen-bond acceptors (Lipinski definition) is 3. The van der Waals surface area contributed by atoms with Crippen molar-refractivity contribution in [3.63, 3.8) is 0 Å². The Morgan fingerprint density at radius 2 is 1.78 bits per heavy atom. The molecule has 0 saturated carbocycles. The van der Waals surface area contributed by atoms with E-state index in [-0.39, 0.29) is 22.7 Å². The van der Waals surface area contributed by atoms with Crippen LogP contribution in [0.4, 0.5) is 8.78 Å². The quantitative estimate of drug-likeness (QED) is 0.756. The molecular formula is C20H18F2O4S. The summed E-state index contributed by atoms with van der Waals surface area (Å²) in [7, 11) is 0. The van der Waals surface area contributed by atoms with E-state index >= 15 is 0 Å². The van der Waals surface area contributed by atoms with Gasteiger partial charge in [-0.2, -0.15) is 0 Å². The molecule has 1 N–H and O–H groups in total. The molecule has 1 aliphatic heterocycles. The summed E-state index contributed by atoms with van der Waals surface area (Å²) in [5.41, 5.74) is 0.595.